The van der Waals surface area contributed by atoms with Crippen molar-refractivity contribution in [2.24, 2.45) is 9.50 Å². The number of methoxy groups -OCH3 is 1. The zero-order chi connectivity index (χ0) is 17.3. The molecular weight excluding hydrogens is 394 g/mol. The van der Waals surface area contributed by atoms with Crippen LogP contribution in [-0.2, 0) is 10.0 Å². The van der Waals surface area contributed by atoms with E-state index >= 15 is 0 Å². The van der Waals surface area contributed by atoms with Crippen LogP contribution in [0.4, 0.5) is 0 Å². The molecule has 0 unspecified atom stereocenters. The molecule has 0 fully saturated rings. The van der Waals surface area contributed by atoms with E-state index in [1.165, 1.54) is 5.01 Å². The molecule has 0 aromatic heterocycles. The Morgan fingerprint density at radius 1 is 1.25 bits per heavy atom. The maximum Gasteiger partial charge on any atom is 0.285 e. The van der Waals surface area contributed by atoms with Crippen molar-refractivity contribution in [1.82, 2.24) is 5.01 Å². The number of fused-ring (bicyclic) bond motifs is 1. The van der Waals surface area contributed by atoms with Crippen molar-refractivity contribution in [3.05, 3.63) is 58.1 Å². The van der Waals surface area contributed by atoms with Crippen molar-refractivity contribution in [1.29, 1.82) is 0 Å². The highest BCUT2D eigenvalue weighted by atomic mass is 79.9. The molecule has 0 amide bonds. The minimum atomic E-state index is -3.65. The predicted octanol–water partition coefficient (Wildman–Crippen LogP) is 2.87. The quantitative estimate of drug-likeness (QED) is 0.579. The highest BCUT2D eigenvalue weighted by Crippen LogP contribution is 2.27. The summed E-state index contributed by atoms with van der Waals surface area (Å²) in [5, 5.41) is 5.73. The van der Waals surface area contributed by atoms with Gasteiger partial charge in [0.1, 0.15) is 10.6 Å². The van der Waals surface area contributed by atoms with E-state index in [2.05, 4.69) is 25.4 Å². The number of hydrogen-bond acceptors (Lipinski definition) is 5. The fourth-order valence-electron chi connectivity index (χ4n) is 2.29. The van der Waals surface area contributed by atoms with Gasteiger partial charge in [-0.05, 0) is 51.8 Å². The molecule has 2 aromatic rings. The second kappa shape index (κ2) is 6.37. The molecule has 2 aromatic carbocycles. The SMILES string of the molecule is COc1ccc(/C=N/N(C)C2=NS(=O)(=O)c3ccccc32)cc1Br. The topological polar surface area (TPSA) is 71.3 Å². The Morgan fingerprint density at radius 3 is 2.71 bits per heavy atom. The third kappa shape index (κ3) is 3.07. The van der Waals surface area contributed by atoms with Crippen molar-refractivity contribution in [2.45, 2.75) is 4.90 Å². The Kier molecular flexibility index (Phi) is 4.42. The molecule has 0 bridgehead atoms. The average molecular weight is 408 g/mol. The minimum Gasteiger partial charge on any atom is -0.496 e. The molecule has 24 heavy (non-hydrogen) atoms. The number of halogens is 1. The fourth-order valence-corrected chi connectivity index (χ4v) is 4.08. The molecule has 0 N–H and O–H groups in total. The zero-order valence-electron chi connectivity index (χ0n) is 13.0. The molecule has 0 spiro atoms. The highest BCUT2D eigenvalue weighted by Gasteiger charge is 2.30. The van der Waals surface area contributed by atoms with Crippen LogP contribution in [0, 0.1) is 0 Å². The molecule has 0 atom stereocenters. The summed E-state index contributed by atoms with van der Waals surface area (Å²) in [6.07, 6.45) is 1.63. The van der Waals surface area contributed by atoms with Crippen molar-refractivity contribution in [2.75, 3.05) is 14.2 Å². The van der Waals surface area contributed by atoms with Gasteiger partial charge in [0.15, 0.2) is 5.84 Å². The van der Waals surface area contributed by atoms with Crippen molar-refractivity contribution in [3.63, 3.8) is 0 Å². The Balaban J connectivity index is 1.88. The second-order valence-electron chi connectivity index (χ2n) is 5.05. The van der Waals surface area contributed by atoms with Crippen LogP contribution in [0.25, 0.3) is 0 Å². The number of rotatable bonds is 3. The van der Waals surface area contributed by atoms with Crippen LogP contribution in [0.5, 0.6) is 5.75 Å². The number of hydrazone groups is 1. The maximum absolute atomic E-state index is 12.1. The van der Waals surface area contributed by atoms with Crippen LogP contribution in [0.2, 0.25) is 0 Å². The molecule has 1 heterocycles. The van der Waals surface area contributed by atoms with Gasteiger partial charge in [0.05, 0.1) is 17.8 Å². The van der Waals surface area contributed by atoms with E-state index < -0.39 is 10.0 Å². The maximum atomic E-state index is 12.1. The standard InChI is InChI=1S/C16H14BrN3O3S/c1-20(18-10-11-7-8-14(23-2)13(17)9-11)16-12-5-3-4-6-15(12)24(21,22)19-16/h3-10H,1-2H3/b18-10+. The molecular formula is C16H14BrN3O3S. The fraction of sp³-hybridized carbons (Fsp3) is 0.125. The lowest BCUT2D eigenvalue weighted by Crippen LogP contribution is -2.21. The van der Waals surface area contributed by atoms with Gasteiger partial charge in [-0.15, -0.1) is 4.40 Å². The molecule has 0 saturated heterocycles. The van der Waals surface area contributed by atoms with Gasteiger partial charge in [0.2, 0.25) is 0 Å². The number of benzene rings is 2. The normalized spacial score (nSPS) is 15.2. The summed E-state index contributed by atoms with van der Waals surface area (Å²) in [5.74, 6) is 1.02. The van der Waals surface area contributed by atoms with Crippen molar-refractivity contribution < 1.29 is 13.2 Å². The van der Waals surface area contributed by atoms with Crippen LogP contribution in [0.1, 0.15) is 11.1 Å². The Hall–Kier alpha value is -2.19. The lowest BCUT2D eigenvalue weighted by atomic mass is 10.2. The predicted molar refractivity (Wildman–Crippen MR) is 96.2 cm³/mol. The molecule has 1 aliphatic rings. The molecule has 0 aliphatic carbocycles. The summed E-state index contributed by atoms with van der Waals surface area (Å²) in [6, 6.07) is 12.2. The number of hydrogen-bond donors (Lipinski definition) is 0. The number of nitrogens with zero attached hydrogens (tertiary/aromatic N) is 3. The third-order valence-electron chi connectivity index (χ3n) is 3.47. The summed E-state index contributed by atoms with van der Waals surface area (Å²) in [4.78, 5) is 0.203. The Labute approximate surface area is 148 Å². The first-order valence-electron chi connectivity index (χ1n) is 6.98. The number of sulfonamides is 1. The van der Waals surface area contributed by atoms with E-state index in [1.54, 1.807) is 44.6 Å². The first-order valence-corrected chi connectivity index (χ1v) is 9.21. The van der Waals surface area contributed by atoms with Crippen LogP contribution < -0.4 is 4.74 Å². The largest absolute Gasteiger partial charge is 0.496 e. The third-order valence-corrected chi connectivity index (χ3v) is 5.42. The lowest BCUT2D eigenvalue weighted by molar-refractivity contribution is 0.412. The van der Waals surface area contributed by atoms with E-state index in [0.717, 1.165) is 15.8 Å². The van der Waals surface area contributed by atoms with E-state index in [4.69, 9.17) is 4.74 Å². The van der Waals surface area contributed by atoms with Crippen molar-refractivity contribution in [3.8, 4) is 5.75 Å². The molecule has 6 nitrogen and oxygen atoms in total. The van der Waals surface area contributed by atoms with Crippen LogP contribution in [0.15, 0.2) is 61.3 Å². The summed E-state index contributed by atoms with van der Waals surface area (Å²) in [6.45, 7) is 0. The molecule has 0 saturated carbocycles. The zero-order valence-corrected chi connectivity index (χ0v) is 15.4. The summed E-state index contributed by atoms with van der Waals surface area (Å²) in [5.41, 5.74) is 1.39. The molecule has 1 aliphatic heterocycles. The summed E-state index contributed by atoms with van der Waals surface area (Å²) < 4.78 is 33.9. The highest BCUT2D eigenvalue weighted by molar-refractivity contribution is 9.10. The van der Waals surface area contributed by atoms with E-state index in [1.807, 2.05) is 18.2 Å². The van der Waals surface area contributed by atoms with Gasteiger partial charge in [-0.1, -0.05) is 12.1 Å². The van der Waals surface area contributed by atoms with Gasteiger partial charge in [-0.25, -0.2) is 5.01 Å². The first-order chi connectivity index (χ1) is 11.4. The number of amidine groups is 1. The molecule has 124 valence electrons. The Bertz CT molecular complexity index is 955. The van der Waals surface area contributed by atoms with Gasteiger partial charge in [0.25, 0.3) is 10.0 Å². The smallest absolute Gasteiger partial charge is 0.285 e. The number of ether oxygens (including phenoxy) is 1. The van der Waals surface area contributed by atoms with Gasteiger partial charge < -0.3 is 4.74 Å². The first kappa shape index (κ1) is 16.7. The van der Waals surface area contributed by atoms with Gasteiger partial charge in [-0.2, -0.15) is 13.5 Å². The summed E-state index contributed by atoms with van der Waals surface area (Å²) >= 11 is 3.41. The molecule has 8 heteroatoms. The summed E-state index contributed by atoms with van der Waals surface area (Å²) in [7, 11) is -0.397. The lowest BCUT2D eigenvalue weighted by Gasteiger charge is -2.12. The average Bonchev–Trinajstić information content (AvgIpc) is 2.85. The minimum absolute atomic E-state index is 0.203. The van der Waals surface area contributed by atoms with Crippen LogP contribution in [-0.4, -0.2) is 39.6 Å². The van der Waals surface area contributed by atoms with Gasteiger partial charge >= 0.3 is 0 Å². The second-order valence-corrected chi connectivity index (χ2v) is 7.48. The van der Waals surface area contributed by atoms with Crippen LogP contribution >= 0.6 is 15.9 Å². The van der Waals surface area contributed by atoms with E-state index in [9.17, 15) is 8.42 Å². The van der Waals surface area contributed by atoms with E-state index in [-0.39, 0.29) is 4.90 Å². The van der Waals surface area contributed by atoms with Crippen molar-refractivity contribution >= 4 is 38.0 Å². The van der Waals surface area contributed by atoms with Crippen LogP contribution in [0.3, 0.4) is 0 Å². The molecule has 3 rings (SSSR count). The van der Waals surface area contributed by atoms with E-state index in [0.29, 0.717) is 11.4 Å². The monoisotopic (exact) mass is 407 g/mol. The Morgan fingerprint density at radius 2 is 2.00 bits per heavy atom. The van der Waals surface area contributed by atoms with Gasteiger partial charge in [-0.3, -0.25) is 0 Å². The van der Waals surface area contributed by atoms with Gasteiger partial charge in [0, 0.05) is 12.6 Å². The molecule has 0 radical (unpaired) electrons.